The molecule has 2 rings (SSSR count). The maximum atomic E-state index is 13.4. The van der Waals surface area contributed by atoms with Crippen molar-refractivity contribution in [3.05, 3.63) is 57.9 Å². The van der Waals surface area contributed by atoms with E-state index in [-0.39, 0.29) is 0 Å². The molecule has 0 aliphatic carbocycles. The topological polar surface area (TPSA) is 81.0 Å². The van der Waals surface area contributed by atoms with Crippen LogP contribution in [0.25, 0.3) is 0 Å². The van der Waals surface area contributed by atoms with Gasteiger partial charge in [-0.15, -0.1) is 0 Å². The second kappa shape index (κ2) is 5.38. The van der Waals surface area contributed by atoms with Crippen LogP contribution in [0, 0.1) is 22.9 Å². The summed E-state index contributed by atoms with van der Waals surface area (Å²) in [7, 11) is 0. The predicted molar refractivity (Wildman–Crippen MR) is 67.2 cm³/mol. The third-order valence-corrected chi connectivity index (χ3v) is 2.45. The second-order valence-corrected chi connectivity index (χ2v) is 3.87. The molecule has 6 nitrogen and oxygen atoms in total. The molecular weight excluding hydrogens is 251 g/mol. The molecule has 0 aliphatic heterocycles. The number of aromatic nitrogens is 2. The summed E-state index contributed by atoms with van der Waals surface area (Å²) >= 11 is 0. The summed E-state index contributed by atoms with van der Waals surface area (Å²) in [5.74, 6) is -0.219. The molecule has 2 aromatic rings. The van der Waals surface area contributed by atoms with E-state index in [4.69, 9.17) is 0 Å². The number of hydrogen-bond acceptors (Lipinski definition) is 5. The molecule has 0 fully saturated rings. The summed E-state index contributed by atoms with van der Waals surface area (Å²) in [6.45, 7) is 2.16. The molecule has 0 bridgehead atoms. The van der Waals surface area contributed by atoms with E-state index in [1.807, 2.05) is 0 Å². The van der Waals surface area contributed by atoms with E-state index in [1.165, 1.54) is 6.07 Å². The molecule has 0 saturated heterocycles. The van der Waals surface area contributed by atoms with Crippen LogP contribution in [-0.2, 0) is 6.54 Å². The molecule has 19 heavy (non-hydrogen) atoms. The number of rotatable bonds is 4. The Balaban J connectivity index is 2.08. The van der Waals surface area contributed by atoms with Gasteiger partial charge in [-0.25, -0.2) is 9.97 Å². The average Bonchev–Trinajstić information content (AvgIpc) is 2.36. The molecule has 0 unspecified atom stereocenters. The van der Waals surface area contributed by atoms with Gasteiger partial charge in [0.05, 0.1) is 17.2 Å². The van der Waals surface area contributed by atoms with Gasteiger partial charge >= 0.3 is 5.69 Å². The van der Waals surface area contributed by atoms with Gasteiger partial charge in [-0.1, -0.05) is 0 Å². The molecule has 1 aromatic heterocycles. The highest BCUT2D eigenvalue weighted by atomic mass is 19.1. The van der Waals surface area contributed by atoms with E-state index in [9.17, 15) is 14.5 Å². The molecule has 0 atom stereocenters. The van der Waals surface area contributed by atoms with Crippen molar-refractivity contribution in [3.63, 3.8) is 0 Å². The fraction of sp³-hybridized carbons (Fsp3) is 0.167. The van der Waals surface area contributed by atoms with Crippen molar-refractivity contribution < 1.29 is 9.31 Å². The maximum absolute atomic E-state index is 13.4. The molecule has 0 amide bonds. The molecular formula is C12H11FN4O2. The summed E-state index contributed by atoms with van der Waals surface area (Å²) in [6, 6.07) is 5.41. The van der Waals surface area contributed by atoms with Gasteiger partial charge in [-0.2, -0.15) is 4.39 Å². The largest absolute Gasteiger partial charge is 0.379 e. The number of nitrogens with one attached hydrogen (secondary N) is 1. The van der Waals surface area contributed by atoms with Gasteiger partial charge in [0.15, 0.2) is 0 Å². The summed E-state index contributed by atoms with van der Waals surface area (Å²) in [4.78, 5) is 17.9. The summed E-state index contributed by atoms with van der Waals surface area (Å²) in [6.07, 6.45) is 1.63. The van der Waals surface area contributed by atoms with Crippen molar-refractivity contribution in [1.82, 2.24) is 9.97 Å². The zero-order valence-electron chi connectivity index (χ0n) is 10.1. The van der Waals surface area contributed by atoms with Crippen LogP contribution in [0.4, 0.5) is 15.8 Å². The van der Waals surface area contributed by atoms with Crippen LogP contribution in [-0.4, -0.2) is 14.9 Å². The Morgan fingerprint density at radius 3 is 2.84 bits per heavy atom. The van der Waals surface area contributed by atoms with Crippen molar-refractivity contribution >= 4 is 11.4 Å². The van der Waals surface area contributed by atoms with Gasteiger partial charge in [-0.3, -0.25) is 10.1 Å². The van der Waals surface area contributed by atoms with E-state index in [0.29, 0.717) is 18.1 Å². The maximum Gasteiger partial charge on any atom is 0.304 e. The fourth-order valence-corrected chi connectivity index (χ4v) is 1.56. The predicted octanol–water partition coefficient (Wildman–Crippen LogP) is 2.44. The normalized spacial score (nSPS) is 10.2. The summed E-state index contributed by atoms with van der Waals surface area (Å²) in [5.41, 5.74) is 0.675. The van der Waals surface area contributed by atoms with E-state index in [2.05, 4.69) is 15.3 Å². The van der Waals surface area contributed by atoms with Gasteiger partial charge < -0.3 is 5.32 Å². The highest BCUT2D eigenvalue weighted by molar-refractivity contribution is 5.49. The van der Waals surface area contributed by atoms with Gasteiger partial charge in [0.1, 0.15) is 5.82 Å². The first-order chi connectivity index (χ1) is 9.06. The number of halogens is 1. The monoisotopic (exact) mass is 262 g/mol. The van der Waals surface area contributed by atoms with Crippen LogP contribution in [0.15, 0.2) is 30.5 Å². The van der Waals surface area contributed by atoms with Crippen LogP contribution in [0.3, 0.4) is 0 Å². The second-order valence-electron chi connectivity index (χ2n) is 3.87. The lowest BCUT2D eigenvalue weighted by Gasteiger charge is -2.06. The molecule has 7 heteroatoms. The minimum atomic E-state index is -0.867. The Hall–Kier alpha value is -2.57. The van der Waals surface area contributed by atoms with E-state index in [0.717, 1.165) is 17.8 Å². The zero-order valence-corrected chi connectivity index (χ0v) is 10.1. The minimum absolute atomic E-state index is 0.389. The fourth-order valence-electron chi connectivity index (χ4n) is 1.56. The third-order valence-electron chi connectivity index (χ3n) is 2.45. The van der Waals surface area contributed by atoms with Crippen molar-refractivity contribution in [1.29, 1.82) is 0 Å². The van der Waals surface area contributed by atoms with Crippen LogP contribution >= 0.6 is 0 Å². The van der Waals surface area contributed by atoms with Gasteiger partial charge in [-0.05, 0) is 19.1 Å². The molecule has 0 spiro atoms. The van der Waals surface area contributed by atoms with Crippen LogP contribution in [0.5, 0.6) is 0 Å². The van der Waals surface area contributed by atoms with E-state index < -0.39 is 16.4 Å². The first-order valence-electron chi connectivity index (χ1n) is 5.52. The first-order valence-corrected chi connectivity index (χ1v) is 5.52. The van der Waals surface area contributed by atoms with Gasteiger partial charge in [0.2, 0.25) is 5.82 Å². The Kier molecular flexibility index (Phi) is 3.65. The van der Waals surface area contributed by atoms with Crippen molar-refractivity contribution in [2.75, 3.05) is 5.32 Å². The lowest BCUT2D eigenvalue weighted by Crippen LogP contribution is -2.04. The van der Waals surface area contributed by atoms with E-state index in [1.54, 1.807) is 19.2 Å². The Morgan fingerprint density at radius 1 is 1.42 bits per heavy atom. The Bertz CT molecular complexity index is 618. The van der Waals surface area contributed by atoms with E-state index >= 15 is 0 Å². The zero-order chi connectivity index (χ0) is 13.8. The van der Waals surface area contributed by atoms with Crippen LogP contribution < -0.4 is 5.32 Å². The lowest BCUT2D eigenvalue weighted by atomic mass is 10.2. The molecule has 0 aliphatic rings. The molecule has 1 heterocycles. The van der Waals surface area contributed by atoms with Crippen molar-refractivity contribution in [3.8, 4) is 0 Å². The summed E-state index contributed by atoms with van der Waals surface area (Å²) < 4.78 is 13.4. The first kappa shape index (κ1) is 12.9. The molecule has 1 aromatic carbocycles. The quantitative estimate of drug-likeness (QED) is 0.676. The number of hydrogen-bond donors (Lipinski definition) is 1. The number of nitro benzene ring substituents is 1. The number of aryl methyl sites for hydroxylation is 1. The van der Waals surface area contributed by atoms with Crippen LogP contribution in [0.2, 0.25) is 0 Å². The van der Waals surface area contributed by atoms with Crippen molar-refractivity contribution in [2.45, 2.75) is 13.5 Å². The average molecular weight is 262 g/mol. The summed E-state index contributed by atoms with van der Waals surface area (Å²) in [5, 5.41) is 13.4. The number of anilines is 1. The highest BCUT2D eigenvalue weighted by Gasteiger charge is 2.13. The number of benzene rings is 1. The molecule has 0 saturated carbocycles. The van der Waals surface area contributed by atoms with Crippen molar-refractivity contribution in [2.24, 2.45) is 0 Å². The minimum Gasteiger partial charge on any atom is -0.379 e. The number of nitrogens with zero attached hydrogens (tertiary/aromatic N) is 3. The number of nitro groups is 1. The lowest BCUT2D eigenvalue weighted by molar-refractivity contribution is -0.387. The van der Waals surface area contributed by atoms with Gasteiger partial charge in [0.25, 0.3) is 0 Å². The molecule has 1 N–H and O–H groups in total. The highest BCUT2D eigenvalue weighted by Crippen LogP contribution is 2.21. The Morgan fingerprint density at radius 2 is 2.21 bits per heavy atom. The standard InChI is InChI=1S/C12H11FN4O2/c1-8-14-5-4-10(16-8)7-15-9-2-3-12(17(18)19)11(13)6-9/h2-6,15H,7H2,1H3. The molecule has 0 radical (unpaired) electrons. The SMILES string of the molecule is Cc1nccc(CNc2ccc([N+](=O)[O-])c(F)c2)n1. The molecule has 98 valence electrons. The van der Waals surface area contributed by atoms with Gasteiger partial charge in [0, 0.05) is 24.0 Å². The third kappa shape index (κ3) is 3.21. The Labute approximate surface area is 108 Å². The van der Waals surface area contributed by atoms with Crippen LogP contribution in [0.1, 0.15) is 11.5 Å². The smallest absolute Gasteiger partial charge is 0.304 e.